The van der Waals surface area contributed by atoms with Gasteiger partial charge in [-0.1, -0.05) is 25.1 Å². The molecule has 1 amide bonds. The molecule has 0 unspecified atom stereocenters. The lowest BCUT2D eigenvalue weighted by Gasteiger charge is -2.14. The highest BCUT2D eigenvalue weighted by Crippen LogP contribution is 2.25. The van der Waals surface area contributed by atoms with Crippen molar-refractivity contribution in [1.82, 2.24) is 15.3 Å². The van der Waals surface area contributed by atoms with E-state index >= 15 is 0 Å². The van der Waals surface area contributed by atoms with E-state index in [0.717, 1.165) is 11.3 Å². The second-order valence-electron chi connectivity index (χ2n) is 4.88. The lowest BCUT2D eigenvalue weighted by molar-refractivity contribution is -0.120. The third kappa shape index (κ3) is 4.73. The summed E-state index contributed by atoms with van der Waals surface area (Å²) in [6, 6.07) is 11.2. The van der Waals surface area contributed by atoms with E-state index in [1.165, 1.54) is 17.8 Å². The van der Waals surface area contributed by atoms with E-state index in [1.54, 1.807) is 6.92 Å². The molecule has 0 saturated carbocycles. The largest absolute Gasteiger partial charge is 0.348 e. The molecule has 0 fully saturated rings. The molecule has 1 aromatic carbocycles. The molecule has 0 aliphatic rings. The van der Waals surface area contributed by atoms with Gasteiger partial charge in [0, 0.05) is 16.7 Å². The van der Waals surface area contributed by atoms with Crippen molar-refractivity contribution in [3.05, 3.63) is 58.3 Å². The van der Waals surface area contributed by atoms with Gasteiger partial charge in [-0.3, -0.25) is 9.59 Å². The zero-order chi connectivity index (χ0) is 15.9. The maximum atomic E-state index is 12.3. The molecule has 0 bridgehead atoms. The van der Waals surface area contributed by atoms with Crippen molar-refractivity contribution in [2.75, 3.05) is 0 Å². The highest BCUT2D eigenvalue weighted by atomic mass is 32.2. The summed E-state index contributed by atoms with van der Waals surface area (Å²) >= 11 is 1.53. The first-order chi connectivity index (χ1) is 10.6. The van der Waals surface area contributed by atoms with Gasteiger partial charge in [0.25, 0.3) is 5.56 Å². The maximum Gasteiger partial charge on any atom is 0.251 e. The number of thioether (sulfide) groups is 1. The number of amides is 1. The Hall–Kier alpha value is -2.08. The molecule has 0 radical (unpaired) electrons. The topological polar surface area (TPSA) is 74.8 Å². The van der Waals surface area contributed by atoms with Gasteiger partial charge in [0.1, 0.15) is 5.82 Å². The minimum Gasteiger partial charge on any atom is -0.348 e. The molecule has 0 spiro atoms. The zero-order valence-electron chi connectivity index (χ0n) is 12.6. The number of nitrogens with zero attached hydrogens (tertiary/aromatic N) is 1. The summed E-state index contributed by atoms with van der Waals surface area (Å²) in [6.07, 6.45) is 0.725. The average Bonchev–Trinajstić information content (AvgIpc) is 2.50. The maximum absolute atomic E-state index is 12.3. The van der Waals surface area contributed by atoms with Gasteiger partial charge >= 0.3 is 0 Å². The summed E-state index contributed by atoms with van der Waals surface area (Å²) in [4.78, 5) is 31.5. The molecule has 1 atom stereocenters. The van der Waals surface area contributed by atoms with E-state index in [2.05, 4.69) is 15.3 Å². The zero-order valence-corrected chi connectivity index (χ0v) is 13.4. The van der Waals surface area contributed by atoms with Crippen molar-refractivity contribution >= 4 is 17.7 Å². The molecular weight excluding hydrogens is 298 g/mol. The number of H-pyrrole nitrogens is 1. The second-order valence-corrected chi connectivity index (χ2v) is 6.16. The van der Waals surface area contributed by atoms with Gasteiger partial charge in [-0.05, 0) is 25.5 Å². The number of rotatable bonds is 6. The number of hydrogen-bond acceptors (Lipinski definition) is 4. The Morgan fingerprint density at radius 1 is 1.36 bits per heavy atom. The average molecular weight is 317 g/mol. The quantitative estimate of drug-likeness (QED) is 0.802. The summed E-state index contributed by atoms with van der Waals surface area (Å²) in [7, 11) is 0. The SMILES string of the molecule is CC[C@@H](Sc1ccccc1)C(=O)NCc1nc(C)cc(=O)[nH]1. The van der Waals surface area contributed by atoms with Crippen LogP contribution in [0.15, 0.2) is 46.1 Å². The van der Waals surface area contributed by atoms with Crippen molar-refractivity contribution in [2.45, 2.75) is 37.0 Å². The van der Waals surface area contributed by atoms with Crippen molar-refractivity contribution in [3.8, 4) is 0 Å². The summed E-state index contributed by atoms with van der Waals surface area (Å²) in [5.74, 6) is 0.415. The Labute approximate surface area is 133 Å². The Balaban J connectivity index is 1.96. The lowest BCUT2D eigenvalue weighted by atomic mass is 10.3. The standard InChI is InChI=1S/C16H19N3O2S/c1-3-13(22-12-7-5-4-6-8-12)16(21)17-10-14-18-11(2)9-15(20)19-14/h4-9,13H,3,10H2,1-2H3,(H,17,21)(H,18,19,20)/t13-/m1/s1. The van der Waals surface area contributed by atoms with E-state index in [1.807, 2.05) is 37.3 Å². The number of aromatic nitrogens is 2. The van der Waals surface area contributed by atoms with Gasteiger partial charge in [0.2, 0.25) is 5.91 Å². The fraction of sp³-hybridized carbons (Fsp3) is 0.312. The molecule has 2 rings (SSSR count). The van der Waals surface area contributed by atoms with E-state index in [-0.39, 0.29) is 23.3 Å². The predicted octanol–water partition coefficient (Wildman–Crippen LogP) is 2.27. The molecule has 0 saturated heterocycles. The third-order valence-electron chi connectivity index (χ3n) is 3.03. The number of hydrogen-bond donors (Lipinski definition) is 2. The van der Waals surface area contributed by atoms with Gasteiger partial charge in [-0.25, -0.2) is 4.98 Å². The van der Waals surface area contributed by atoms with Crippen molar-refractivity contribution in [1.29, 1.82) is 0 Å². The van der Waals surface area contributed by atoms with Crippen molar-refractivity contribution in [3.63, 3.8) is 0 Å². The van der Waals surface area contributed by atoms with Crippen molar-refractivity contribution < 1.29 is 4.79 Å². The third-order valence-corrected chi connectivity index (χ3v) is 4.41. The van der Waals surface area contributed by atoms with Crippen LogP contribution in [-0.4, -0.2) is 21.1 Å². The molecular formula is C16H19N3O2S. The molecule has 2 N–H and O–H groups in total. The van der Waals surface area contributed by atoms with E-state index in [0.29, 0.717) is 11.5 Å². The van der Waals surface area contributed by atoms with Gasteiger partial charge < -0.3 is 10.3 Å². The molecule has 2 aromatic rings. The molecule has 22 heavy (non-hydrogen) atoms. The molecule has 1 aromatic heterocycles. The first-order valence-electron chi connectivity index (χ1n) is 7.14. The minimum atomic E-state index is -0.206. The fourth-order valence-electron chi connectivity index (χ4n) is 2.00. The second kappa shape index (κ2) is 7.79. The predicted molar refractivity (Wildman–Crippen MR) is 87.8 cm³/mol. The number of benzene rings is 1. The number of aromatic amines is 1. The van der Waals surface area contributed by atoms with E-state index in [9.17, 15) is 9.59 Å². The van der Waals surface area contributed by atoms with Gasteiger partial charge in [-0.2, -0.15) is 0 Å². The molecule has 0 aliphatic heterocycles. The number of nitrogens with one attached hydrogen (secondary N) is 2. The van der Waals surface area contributed by atoms with Crippen LogP contribution in [0.2, 0.25) is 0 Å². The first-order valence-corrected chi connectivity index (χ1v) is 8.02. The summed E-state index contributed by atoms with van der Waals surface area (Å²) in [5.41, 5.74) is 0.432. The van der Waals surface area contributed by atoms with Crippen LogP contribution in [0.1, 0.15) is 24.9 Å². The number of carbonyl (C=O) groups is 1. The minimum absolute atomic E-state index is 0.0551. The highest BCUT2D eigenvalue weighted by Gasteiger charge is 2.17. The lowest BCUT2D eigenvalue weighted by Crippen LogP contribution is -2.33. The molecule has 6 heteroatoms. The molecule has 116 valence electrons. The van der Waals surface area contributed by atoms with Crippen LogP contribution >= 0.6 is 11.8 Å². The Bertz CT molecular complexity index is 685. The highest BCUT2D eigenvalue weighted by molar-refractivity contribution is 8.00. The van der Waals surface area contributed by atoms with E-state index < -0.39 is 0 Å². The summed E-state index contributed by atoms with van der Waals surface area (Å²) < 4.78 is 0. The van der Waals surface area contributed by atoms with Crippen molar-refractivity contribution in [2.24, 2.45) is 0 Å². The van der Waals surface area contributed by atoms with Crippen LogP contribution in [0.25, 0.3) is 0 Å². The van der Waals surface area contributed by atoms with Crippen LogP contribution in [0.4, 0.5) is 0 Å². The number of carbonyl (C=O) groups excluding carboxylic acids is 1. The van der Waals surface area contributed by atoms with Crippen LogP contribution in [0, 0.1) is 6.92 Å². The summed E-state index contributed by atoms with van der Waals surface area (Å²) in [5, 5.41) is 2.66. The normalized spacial score (nSPS) is 11.9. The Kier molecular flexibility index (Phi) is 5.77. The van der Waals surface area contributed by atoms with Gasteiger partial charge in [0.05, 0.1) is 11.8 Å². The Morgan fingerprint density at radius 3 is 2.73 bits per heavy atom. The van der Waals surface area contributed by atoms with Crippen LogP contribution in [0.3, 0.4) is 0 Å². The van der Waals surface area contributed by atoms with Gasteiger partial charge in [-0.15, -0.1) is 11.8 Å². The van der Waals surface area contributed by atoms with Crippen LogP contribution in [0.5, 0.6) is 0 Å². The fourth-order valence-corrected chi connectivity index (χ4v) is 2.99. The van der Waals surface area contributed by atoms with Gasteiger partial charge in [0.15, 0.2) is 0 Å². The Morgan fingerprint density at radius 2 is 2.09 bits per heavy atom. The molecule has 5 nitrogen and oxygen atoms in total. The van der Waals surface area contributed by atoms with Crippen LogP contribution < -0.4 is 10.9 Å². The molecule has 1 heterocycles. The smallest absolute Gasteiger partial charge is 0.251 e. The van der Waals surface area contributed by atoms with E-state index in [4.69, 9.17) is 0 Å². The first kappa shape index (κ1) is 16.3. The summed E-state index contributed by atoms with van der Waals surface area (Å²) in [6.45, 7) is 3.95. The van der Waals surface area contributed by atoms with Crippen LogP contribution in [-0.2, 0) is 11.3 Å². The monoisotopic (exact) mass is 317 g/mol. The molecule has 0 aliphatic carbocycles. The number of aryl methyl sites for hydroxylation is 1.